The molecule has 0 unspecified atom stereocenters. The molecule has 1 aromatic rings. The summed E-state index contributed by atoms with van der Waals surface area (Å²) in [5, 5.41) is 3.42. The molecule has 1 atom stereocenters. The Morgan fingerprint density at radius 2 is 2.29 bits per heavy atom. The van der Waals surface area contributed by atoms with Crippen LogP contribution >= 0.6 is 0 Å². The van der Waals surface area contributed by atoms with Crippen LogP contribution in [-0.2, 0) is 6.54 Å². The Labute approximate surface area is 84.3 Å². The summed E-state index contributed by atoms with van der Waals surface area (Å²) in [4.78, 5) is 0. The highest BCUT2D eigenvalue weighted by molar-refractivity contribution is 5.16. The average Bonchev–Trinajstić information content (AvgIpc) is 2.97. The third-order valence-corrected chi connectivity index (χ3v) is 2.85. The summed E-state index contributed by atoms with van der Waals surface area (Å²) < 4.78 is 12.8. The molecule has 1 saturated carbocycles. The van der Waals surface area contributed by atoms with E-state index in [0.29, 0.717) is 6.04 Å². The molecule has 76 valence electrons. The fraction of sp³-hybridized carbons (Fsp3) is 0.500. The molecule has 1 aliphatic carbocycles. The molecule has 0 amide bonds. The van der Waals surface area contributed by atoms with Crippen molar-refractivity contribution < 1.29 is 4.39 Å². The van der Waals surface area contributed by atoms with E-state index < -0.39 is 0 Å². The van der Waals surface area contributed by atoms with Gasteiger partial charge in [-0.05, 0) is 43.4 Å². The minimum Gasteiger partial charge on any atom is -0.310 e. The monoisotopic (exact) mass is 193 g/mol. The summed E-state index contributed by atoms with van der Waals surface area (Å²) >= 11 is 0. The van der Waals surface area contributed by atoms with Gasteiger partial charge in [-0.1, -0.05) is 12.1 Å². The first-order valence-electron chi connectivity index (χ1n) is 5.23. The van der Waals surface area contributed by atoms with Crippen LogP contribution in [0.3, 0.4) is 0 Å². The summed E-state index contributed by atoms with van der Waals surface area (Å²) in [5.74, 6) is 0.701. The molecule has 14 heavy (non-hydrogen) atoms. The van der Waals surface area contributed by atoms with Crippen LogP contribution in [0.4, 0.5) is 4.39 Å². The van der Waals surface area contributed by atoms with E-state index in [2.05, 4.69) is 12.2 Å². The first-order valence-corrected chi connectivity index (χ1v) is 5.23. The molecule has 0 aromatic heterocycles. The van der Waals surface area contributed by atoms with E-state index >= 15 is 0 Å². The zero-order valence-electron chi connectivity index (χ0n) is 8.46. The van der Waals surface area contributed by atoms with Crippen molar-refractivity contribution in [3.8, 4) is 0 Å². The van der Waals surface area contributed by atoms with Crippen LogP contribution in [0.2, 0.25) is 0 Å². The van der Waals surface area contributed by atoms with Crippen molar-refractivity contribution in [1.29, 1.82) is 0 Å². The van der Waals surface area contributed by atoms with Crippen LogP contribution in [0.15, 0.2) is 24.3 Å². The zero-order chi connectivity index (χ0) is 9.97. The van der Waals surface area contributed by atoms with E-state index in [0.717, 1.165) is 18.0 Å². The van der Waals surface area contributed by atoms with Gasteiger partial charge in [-0.15, -0.1) is 0 Å². The molecule has 1 N–H and O–H groups in total. The maximum Gasteiger partial charge on any atom is 0.123 e. The second-order valence-corrected chi connectivity index (χ2v) is 4.14. The Balaban J connectivity index is 1.84. The van der Waals surface area contributed by atoms with Crippen LogP contribution in [-0.4, -0.2) is 6.04 Å². The number of rotatable bonds is 4. The lowest BCUT2D eigenvalue weighted by Crippen LogP contribution is -2.27. The maximum atomic E-state index is 12.8. The smallest absolute Gasteiger partial charge is 0.123 e. The SMILES string of the molecule is C[C@@H](NCc1cccc(F)c1)C1CC1. The third-order valence-electron chi connectivity index (χ3n) is 2.85. The van der Waals surface area contributed by atoms with Crippen molar-refractivity contribution in [2.24, 2.45) is 5.92 Å². The summed E-state index contributed by atoms with van der Waals surface area (Å²) in [6, 6.07) is 7.35. The Hall–Kier alpha value is -0.890. The predicted molar refractivity (Wildman–Crippen MR) is 55.4 cm³/mol. The molecule has 1 nitrogen and oxygen atoms in total. The number of benzene rings is 1. The second-order valence-electron chi connectivity index (χ2n) is 4.14. The van der Waals surface area contributed by atoms with Gasteiger partial charge in [0.2, 0.25) is 0 Å². The molecule has 0 saturated heterocycles. The van der Waals surface area contributed by atoms with Gasteiger partial charge in [-0.2, -0.15) is 0 Å². The van der Waals surface area contributed by atoms with E-state index in [4.69, 9.17) is 0 Å². The van der Waals surface area contributed by atoms with Crippen LogP contribution in [0.1, 0.15) is 25.3 Å². The van der Waals surface area contributed by atoms with Gasteiger partial charge >= 0.3 is 0 Å². The highest BCUT2D eigenvalue weighted by Crippen LogP contribution is 2.32. The lowest BCUT2D eigenvalue weighted by molar-refractivity contribution is 0.495. The minimum absolute atomic E-state index is 0.150. The molecular weight excluding hydrogens is 177 g/mol. The summed E-state index contributed by atoms with van der Waals surface area (Å²) in [6.45, 7) is 2.98. The van der Waals surface area contributed by atoms with Crippen molar-refractivity contribution in [2.75, 3.05) is 0 Å². The van der Waals surface area contributed by atoms with E-state index in [-0.39, 0.29) is 5.82 Å². The molecule has 2 heteroatoms. The second kappa shape index (κ2) is 4.09. The van der Waals surface area contributed by atoms with Gasteiger partial charge < -0.3 is 5.32 Å². The predicted octanol–water partition coefficient (Wildman–Crippen LogP) is 2.71. The lowest BCUT2D eigenvalue weighted by Gasteiger charge is -2.12. The Kier molecular flexibility index (Phi) is 2.82. The van der Waals surface area contributed by atoms with Gasteiger partial charge in [0.05, 0.1) is 0 Å². The number of hydrogen-bond donors (Lipinski definition) is 1. The minimum atomic E-state index is -0.150. The van der Waals surface area contributed by atoms with Crippen molar-refractivity contribution in [1.82, 2.24) is 5.32 Å². The maximum absolute atomic E-state index is 12.8. The van der Waals surface area contributed by atoms with E-state index in [1.54, 1.807) is 12.1 Å². The number of halogens is 1. The van der Waals surface area contributed by atoms with Crippen LogP contribution in [0, 0.1) is 11.7 Å². The highest BCUT2D eigenvalue weighted by atomic mass is 19.1. The Morgan fingerprint density at radius 1 is 1.50 bits per heavy atom. The Morgan fingerprint density at radius 3 is 2.93 bits per heavy atom. The van der Waals surface area contributed by atoms with E-state index in [1.165, 1.54) is 18.9 Å². The largest absolute Gasteiger partial charge is 0.310 e. The molecule has 0 spiro atoms. The molecule has 2 rings (SSSR count). The van der Waals surface area contributed by atoms with Crippen molar-refractivity contribution >= 4 is 0 Å². The Bertz CT molecular complexity index is 307. The van der Waals surface area contributed by atoms with Crippen LogP contribution in [0.25, 0.3) is 0 Å². The molecule has 0 aliphatic heterocycles. The van der Waals surface area contributed by atoms with Gasteiger partial charge in [0.15, 0.2) is 0 Å². The lowest BCUT2D eigenvalue weighted by atomic mass is 10.2. The van der Waals surface area contributed by atoms with Gasteiger partial charge in [0, 0.05) is 12.6 Å². The van der Waals surface area contributed by atoms with Crippen LogP contribution < -0.4 is 5.32 Å². The van der Waals surface area contributed by atoms with Gasteiger partial charge in [-0.3, -0.25) is 0 Å². The molecule has 0 heterocycles. The number of nitrogens with one attached hydrogen (secondary N) is 1. The fourth-order valence-electron chi connectivity index (χ4n) is 1.69. The van der Waals surface area contributed by atoms with Gasteiger partial charge in [0.25, 0.3) is 0 Å². The molecule has 0 radical (unpaired) electrons. The van der Waals surface area contributed by atoms with Crippen molar-refractivity contribution in [2.45, 2.75) is 32.4 Å². The first-order chi connectivity index (χ1) is 6.75. The zero-order valence-corrected chi connectivity index (χ0v) is 8.46. The third kappa shape index (κ3) is 2.55. The summed E-state index contributed by atoms with van der Waals surface area (Å²) in [7, 11) is 0. The normalized spacial score (nSPS) is 18.1. The van der Waals surface area contributed by atoms with Crippen molar-refractivity contribution in [3.63, 3.8) is 0 Å². The van der Waals surface area contributed by atoms with E-state index in [9.17, 15) is 4.39 Å². The molecule has 1 aromatic carbocycles. The molecule has 0 bridgehead atoms. The standard InChI is InChI=1S/C12H16FN/c1-9(11-5-6-11)14-8-10-3-2-4-12(13)7-10/h2-4,7,9,11,14H,5-6,8H2,1H3/t9-/m1/s1. The molecular formula is C12H16FN. The highest BCUT2D eigenvalue weighted by Gasteiger charge is 2.27. The van der Waals surface area contributed by atoms with Gasteiger partial charge in [-0.25, -0.2) is 4.39 Å². The van der Waals surface area contributed by atoms with Crippen molar-refractivity contribution in [3.05, 3.63) is 35.6 Å². The fourth-order valence-corrected chi connectivity index (χ4v) is 1.69. The quantitative estimate of drug-likeness (QED) is 0.775. The van der Waals surface area contributed by atoms with E-state index in [1.807, 2.05) is 6.07 Å². The molecule has 1 fully saturated rings. The summed E-state index contributed by atoms with van der Waals surface area (Å²) in [6.07, 6.45) is 2.69. The van der Waals surface area contributed by atoms with Crippen LogP contribution in [0.5, 0.6) is 0 Å². The average molecular weight is 193 g/mol. The van der Waals surface area contributed by atoms with Gasteiger partial charge in [0.1, 0.15) is 5.82 Å². The topological polar surface area (TPSA) is 12.0 Å². The summed E-state index contributed by atoms with van der Waals surface area (Å²) in [5.41, 5.74) is 1.03. The molecule has 1 aliphatic rings. The first kappa shape index (κ1) is 9.66. The number of hydrogen-bond acceptors (Lipinski definition) is 1.